The Morgan fingerprint density at radius 1 is 1.38 bits per heavy atom. The summed E-state index contributed by atoms with van der Waals surface area (Å²) in [6.07, 6.45) is 0.141. The summed E-state index contributed by atoms with van der Waals surface area (Å²) in [5.74, 6) is 0.116. The van der Waals surface area contributed by atoms with E-state index in [1.807, 2.05) is 25.7 Å². The van der Waals surface area contributed by atoms with E-state index in [1.165, 1.54) is 0 Å². The second-order valence-electron chi connectivity index (χ2n) is 6.48. The number of aliphatic hydroxyl groups excluding tert-OH is 1. The van der Waals surface area contributed by atoms with E-state index in [0.29, 0.717) is 11.6 Å². The molecule has 1 aromatic rings. The number of aliphatic hydroxyl groups is 1. The van der Waals surface area contributed by atoms with Crippen LogP contribution in [0.15, 0.2) is 24.3 Å². The van der Waals surface area contributed by atoms with Gasteiger partial charge in [-0.1, -0.05) is 23.7 Å². The molecule has 1 fully saturated rings. The van der Waals surface area contributed by atoms with Crippen LogP contribution in [0.4, 0.5) is 0 Å². The normalized spacial score (nSPS) is 20.9. The third-order valence-corrected chi connectivity index (χ3v) is 4.08. The fourth-order valence-corrected chi connectivity index (χ4v) is 2.72. The predicted octanol–water partition coefficient (Wildman–Crippen LogP) is 2.36. The quantitative estimate of drug-likeness (QED) is 0.897. The maximum absolute atomic E-state index is 12.3. The Kier molecular flexibility index (Phi) is 4.91. The maximum Gasteiger partial charge on any atom is 0.240 e. The molecule has 1 amide bonds. The highest BCUT2D eigenvalue weighted by atomic mass is 35.5. The summed E-state index contributed by atoms with van der Waals surface area (Å²) in [6, 6.07) is 6.90. The first-order valence-corrected chi connectivity index (χ1v) is 7.65. The lowest BCUT2D eigenvalue weighted by molar-refractivity contribution is -0.133. The predicted molar refractivity (Wildman–Crippen MR) is 84.3 cm³/mol. The Bertz CT molecular complexity index is 496. The zero-order chi connectivity index (χ0) is 15.6. The molecule has 2 N–H and O–H groups in total. The molecule has 1 saturated heterocycles. The standard InChI is InChI=1S/C16H23ClN2O2/c1-16(2,3)19-9-8-13(15(19)21)18-10-14(20)11-4-6-12(17)7-5-11/h4-7,13-14,18,20H,8-10H2,1-3H3/t13?,14-/m0/s1. The van der Waals surface area contributed by atoms with Crippen LogP contribution < -0.4 is 5.32 Å². The highest BCUT2D eigenvalue weighted by Crippen LogP contribution is 2.22. The van der Waals surface area contributed by atoms with Crippen molar-refractivity contribution >= 4 is 17.5 Å². The number of rotatable bonds is 4. The summed E-state index contributed by atoms with van der Waals surface area (Å²) in [4.78, 5) is 14.2. The van der Waals surface area contributed by atoms with Crippen LogP contribution in [0.2, 0.25) is 5.02 Å². The first-order valence-electron chi connectivity index (χ1n) is 7.27. The molecule has 0 spiro atoms. The molecule has 21 heavy (non-hydrogen) atoms. The second kappa shape index (κ2) is 6.34. The average molecular weight is 311 g/mol. The van der Waals surface area contributed by atoms with Gasteiger partial charge in [-0.25, -0.2) is 0 Å². The minimum atomic E-state index is -0.640. The molecule has 1 unspecified atom stereocenters. The molecule has 0 radical (unpaired) electrons. The van der Waals surface area contributed by atoms with Crippen molar-refractivity contribution in [2.75, 3.05) is 13.1 Å². The lowest BCUT2D eigenvalue weighted by Gasteiger charge is -2.32. The van der Waals surface area contributed by atoms with Crippen molar-refractivity contribution in [1.82, 2.24) is 10.2 Å². The lowest BCUT2D eigenvalue weighted by Crippen LogP contribution is -2.47. The minimum absolute atomic E-state index is 0.116. The first-order chi connectivity index (χ1) is 9.79. The van der Waals surface area contributed by atoms with Gasteiger partial charge in [-0.05, 0) is 44.9 Å². The van der Waals surface area contributed by atoms with Crippen LogP contribution in [0, 0.1) is 0 Å². The molecule has 5 heteroatoms. The highest BCUT2D eigenvalue weighted by molar-refractivity contribution is 6.30. The van der Waals surface area contributed by atoms with Gasteiger partial charge in [-0.3, -0.25) is 4.79 Å². The lowest BCUT2D eigenvalue weighted by atomic mass is 10.1. The summed E-state index contributed by atoms with van der Waals surface area (Å²) < 4.78 is 0. The van der Waals surface area contributed by atoms with Crippen LogP contribution in [-0.2, 0) is 4.79 Å². The summed E-state index contributed by atoms with van der Waals surface area (Å²) >= 11 is 5.83. The number of nitrogens with zero attached hydrogens (tertiary/aromatic N) is 1. The van der Waals surface area contributed by atoms with Crippen LogP contribution in [0.1, 0.15) is 38.9 Å². The molecule has 2 atom stereocenters. The van der Waals surface area contributed by atoms with E-state index in [1.54, 1.807) is 24.3 Å². The molecule has 1 aromatic carbocycles. The monoisotopic (exact) mass is 310 g/mol. The van der Waals surface area contributed by atoms with Crippen molar-refractivity contribution in [3.63, 3.8) is 0 Å². The van der Waals surface area contributed by atoms with Gasteiger partial charge in [0, 0.05) is 23.7 Å². The third-order valence-electron chi connectivity index (χ3n) is 3.83. The van der Waals surface area contributed by atoms with Gasteiger partial charge < -0.3 is 15.3 Å². The molecule has 4 nitrogen and oxygen atoms in total. The number of hydrogen-bond donors (Lipinski definition) is 2. The third kappa shape index (κ3) is 3.96. The van der Waals surface area contributed by atoms with Gasteiger partial charge in [-0.15, -0.1) is 0 Å². The Balaban J connectivity index is 1.89. The Morgan fingerprint density at radius 3 is 2.52 bits per heavy atom. The van der Waals surface area contributed by atoms with E-state index < -0.39 is 6.10 Å². The Labute approximate surface area is 131 Å². The van der Waals surface area contributed by atoms with E-state index in [2.05, 4.69) is 5.32 Å². The van der Waals surface area contributed by atoms with Gasteiger partial charge in [0.1, 0.15) is 0 Å². The number of carbonyl (C=O) groups excluding carboxylic acids is 1. The average Bonchev–Trinajstić information content (AvgIpc) is 2.78. The van der Waals surface area contributed by atoms with E-state index in [4.69, 9.17) is 11.6 Å². The largest absolute Gasteiger partial charge is 0.387 e. The van der Waals surface area contributed by atoms with Crippen molar-refractivity contribution < 1.29 is 9.90 Å². The zero-order valence-corrected chi connectivity index (χ0v) is 13.5. The van der Waals surface area contributed by atoms with Gasteiger partial charge in [0.05, 0.1) is 12.1 Å². The van der Waals surface area contributed by atoms with Crippen LogP contribution in [0.25, 0.3) is 0 Å². The van der Waals surface area contributed by atoms with E-state index >= 15 is 0 Å². The summed E-state index contributed by atoms with van der Waals surface area (Å²) in [5.41, 5.74) is 0.646. The summed E-state index contributed by atoms with van der Waals surface area (Å²) in [6.45, 7) is 7.23. The molecule has 0 aromatic heterocycles. The van der Waals surface area contributed by atoms with Crippen molar-refractivity contribution in [1.29, 1.82) is 0 Å². The maximum atomic E-state index is 12.3. The minimum Gasteiger partial charge on any atom is -0.387 e. The van der Waals surface area contributed by atoms with E-state index in [9.17, 15) is 9.90 Å². The van der Waals surface area contributed by atoms with Gasteiger partial charge in [0.2, 0.25) is 5.91 Å². The summed E-state index contributed by atoms with van der Waals surface area (Å²) in [7, 11) is 0. The van der Waals surface area contributed by atoms with Crippen LogP contribution in [0.3, 0.4) is 0 Å². The smallest absolute Gasteiger partial charge is 0.240 e. The Morgan fingerprint density at radius 2 is 2.00 bits per heavy atom. The van der Waals surface area contributed by atoms with Crippen molar-refractivity contribution in [2.24, 2.45) is 0 Å². The number of likely N-dealkylation sites (tertiary alicyclic amines) is 1. The van der Waals surface area contributed by atoms with Crippen LogP contribution in [-0.4, -0.2) is 40.6 Å². The van der Waals surface area contributed by atoms with Gasteiger partial charge in [0.15, 0.2) is 0 Å². The molecular weight excluding hydrogens is 288 g/mol. The van der Waals surface area contributed by atoms with Crippen molar-refractivity contribution in [3.8, 4) is 0 Å². The first kappa shape index (κ1) is 16.3. The molecule has 0 saturated carbocycles. The van der Waals surface area contributed by atoms with Crippen molar-refractivity contribution in [2.45, 2.75) is 44.9 Å². The topological polar surface area (TPSA) is 52.6 Å². The highest BCUT2D eigenvalue weighted by Gasteiger charge is 2.37. The van der Waals surface area contributed by atoms with Gasteiger partial charge in [0.25, 0.3) is 0 Å². The van der Waals surface area contributed by atoms with Gasteiger partial charge in [-0.2, -0.15) is 0 Å². The summed E-state index contributed by atoms with van der Waals surface area (Å²) in [5, 5.41) is 14.0. The molecule has 1 heterocycles. The van der Waals surface area contributed by atoms with Crippen LogP contribution in [0.5, 0.6) is 0 Å². The molecule has 1 aliphatic rings. The number of carbonyl (C=O) groups is 1. The molecule has 1 aliphatic heterocycles. The van der Waals surface area contributed by atoms with Crippen LogP contribution >= 0.6 is 11.6 Å². The number of hydrogen-bond acceptors (Lipinski definition) is 3. The zero-order valence-electron chi connectivity index (χ0n) is 12.8. The van der Waals surface area contributed by atoms with Crippen molar-refractivity contribution in [3.05, 3.63) is 34.9 Å². The SMILES string of the molecule is CC(C)(C)N1CCC(NC[C@H](O)c2ccc(Cl)cc2)C1=O. The molecule has 0 aliphatic carbocycles. The number of nitrogens with one attached hydrogen (secondary N) is 1. The Hall–Kier alpha value is -1.10. The molecule has 0 bridgehead atoms. The van der Waals surface area contributed by atoms with E-state index in [0.717, 1.165) is 18.5 Å². The number of amides is 1. The fraction of sp³-hybridized carbons (Fsp3) is 0.562. The molecular formula is C16H23ClN2O2. The van der Waals surface area contributed by atoms with Gasteiger partial charge >= 0.3 is 0 Å². The molecule has 2 rings (SSSR count). The number of benzene rings is 1. The second-order valence-corrected chi connectivity index (χ2v) is 6.91. The van der Waals surface area contributed by atoms with E-state index in [-0.39, 0.29) is 17.5 Å². The molecule has 116 valence electrons. The number of halogens is 1. The fourth-order valence-electron chi connectivity index (χ4n) is 2.59.